The fraction of sp³-hybridized carbons (Fsp3) is 0.536. The number of primary amides is 1. The molecule has 1 amide bonds. The molecule has 1 aromatic rings. The van der Waals surface area contributed by atoms with Crippen LogP contribution in [0, 0.1) is 11.8 Å². The number of hydrogen-bond acceptors (Lipinski definition) is 9. The number of ketones is 2. The number of carbonyl (C=O) groups is 3. The number of likely N-dealkylation sites (N-methyl/N-ethyl adjacent to an activating group) is 1. The highest BCUT2D eigenvalue weighted by Gasteiger charge is 2.64. The largest absolute Gasteiger partial charge is 0.508 e. The molecule has 5 rings (SSSR count). The van der Waals surface area contributed by atoms with Crippen LogP contribution in [0.4, 0.5) is 0 Å². The number of hydrogen-bond donors (Lipinski definition) is 5. The number of nitrogens with zero attached hydrogens (tertiary/aromatic N) is 2. The summed E-state index contributed by atoms with van der Waals surface area (Å²) < 4.78 is 0. The SMILES string of the molecule is CCC(C)(C)N1Cc2c(O)c3c(c(Cl)c2C1)CC1C[C@H]2[C@H](N(C)C)C(=O)C(C(N)=O)=C(O)[C@@]2(O)C(=O)C1=C3O. The standard InChI is InChI=1S/C28H34ClN3O7/c1-6-27(2,3)32-9-13-14(10-32)21(33)17-12(19(13)29)7-11-8-15-20(31(4)5)23(35)18(26(30)38)25(37)28(15,39)24(36)16(11)22(17)34/h11,15,20,33-34,37,39H,6-10H2,1-5H3,(H2,30,38)/t11?,15-,20-,28-/m0/s1. The first-order chi connectivity index (χ1) is 18.1. The van der Waals surface area contributed by atoms with E-state index in [2.05, 4.69) is 25.7 Å². The van der Waals surface area contributed by atoms with Gasteiger partial charge < -0.3 is 26.2 Å². The van der Waals surface area contributed by atoms with Gasteiger partial charge in [0.25, 0.3) is 5.91 Å². The van der Waals surface area contributed by atoms with E-state index in [0.717, 1.165) is 12.0 Å². The highest BCUT2D eigenvalue weighted by atomic mass is 35.5. The third-order valence-electron chi connectivity index (χ3n) is 9.45. The maximum absolute atomic E-state index is 14.0. The van der Waals surface area contributed by atoms with Gasteiger partial charge in [0.05, 0.1) is 11.6 Å². The Morgan fingerprint density at radius 1 is 1.15 bits per heavy atom. The minimum Gasteiger partial charge on any atom is -0.508 e. The first-order valence-corrected chi connectivity index (χ1v) is 13.4. The van der Waals surface area contributed by atoms with Gasteiger partial charge in [0.1, 0.15) is 22.8 Å². The minimum absolute atomic E-state index is 0.0227. The smallest absolute Gasteiger partial charge is 0.255 e. The van der Waals surface area contributed by atoms with Gasteiger partial charge in [-0.1, -0.05) is 18.5 Å². The lowest BCUT2D eigenvalue weighted by Crippen LogP contribution is -2.65. The lowest BCUT2D eigenvalue weighted by Gasteiger charge is -2.50. The molecular formula is C28H34ClN3O7. The Bertz CT molecular complexity index is 1410. The molecule has 3 aliphatic carbocycles. The summed E-state index contributed by atoms with van der Waals surface area (Å²) in [4.78, 5) is 43.0. The van der Waals surface area contributed by atoms with Gasteiger partial charge >= 0.3 is 0 Å². The molecule has 0 aromatic heterocycles. The molecule has 4 atom stereocenters. The molecule has 0 radical (unpaired) electrons. The van der Waals surface area contributed by atoms with Crippen LogP contribution in [0.5, 0.6) is 5.75 Å². The number of phenols is 1. The summed E-state index contributed by atoms with van der Waals surface area (Å²) >= 11 is 6.91. The molecule has 1 aliphatic heterocycles. The Labute approximate surface area is 231 Å². The molecule has 210 valence electrons. The Balaban J connectivity index is 1.70. The number of benzene rings is 1. The van der Waals surface area contributed by atoms with Gasteiger partial charge in [-0.05, 0) is 64.3 Å². The molecular weight excluding hydrogens is 526 g/mol. The summed E-state index contributed by atoms with van der Waals surface area (Å²) in [6, 6.07) is -1.13. The van der Waals surface area contributed by atoms with Gasteiger partial charge in [0.2, 0.25) is 5.78 Å². The second-order valence-corrected chi connectivity index (χ2v) is 12.3. The van der Waals surface area contributed by atoms with E-state index in [1.54, 1.807) is 14.1 Å². The zero-order valence-electron chi connectivity index (χ0n) is 22.6. The van der Waals surface area contributed by atoms with Crippen LogP contribution in [0.1, 0.15) is 55.9 Å². The van der Waals surface area contributed by atoms with E-state index in [1.807, 2.05) is 0 Å². The molecule has 1 heterocycles. The van der Waals surface area contributed by atoms with Crippen LogP contribution in [0.15, 0.2) is 16.9 Å². The number of fused-ring (bicyclic) bond motifs is 4. The van der Waals surface area contributed by atoms with E-state index in [-0.39, 0.29) is 35.3 Å². The predicted octanol–water partition coefficient (Wildman–Crippen LogP) is 2.12. The summed E-state index contributed by atoms with van der Waals surface area (Å²) in [5, 5.41) is 45.9. The van der Waals surface area contributed by atoms with Gasteiger partial charge in [-0.25, -0.2) is 0 Å². The summed E-state index contributed by atoms with van der Waals surface area (Å²) in [6.45, 7) is 7.19. The second-order valence-electron chi connectivity index (χ2n) is 12.0. The van der Waals surface area contributed by atoms with Crippen LogP contribution in [0.25, 0.3) is 5.76 Å². The molecule has 4 aliphatic rings. The van der Waals surface area contributed by atoms with Crippen molar-refractivity contribution in [1.29, 1.82) is 0 Å². The summed E-state index contributed by atoms with van der Waals surface area (Å²) in [7, 11) is 3.13. The van der Waals surface area contributed by atoms with E-state index in [1.165, 1.54) is 4.90 Å². The molecule has 0 bridgehead atoms. The first-order valence-electron chi connectivity index (χ1n) is 13.0. The van der Waals surface area contributed by atoms with Crippen molar-refractivity contribution in [3.8, 4) is 5.75 Å². The van der Waals surface area contributed by atoms with E-state index in [9.17, 15) is 34.8 Å². The van der Waals surface area contributed by atoms with Crippen molar-refractivity contribution >= 4 is 34.8 Å². The Hall–Kier alpha value is -2.92. The maximum atomic E-state index is 14.0. The molecule has 11 heteroatoms. The number of aliphatic hydroxyl groups is 3. The molecule has 0 spiro atoms. The quantitative estimate of drug-likeness (QED) is 0.347. The number of amides is 1. The van der Waals surface area contributed by atoms with Crippen LogP contribution in [0.2, 0.25) is 5.02 Å². The third-order valence-corrected chi connectivity index (χ3v) is 9.91. The highest BCUT2D eigenvalue weighted by Crippen LogP contribution is 2.55. The molecule has 6 N–H and O–H groups in total. The van der Waals surface area contributed by atoms with Crippen molar-refractivity contribution in [2.45, 2.75) is 70.3 Å². The summed E-state index contributed by atoms with van der Waals surface area (Å²) in [6.07, 6.45) is 1.06. The van der Waals surface area contributed by atoms with Gasteiger partial charge in [-0.2, -0.15) is 0 Å². The topological polar surface area (TPSA) is 165 Å². The van der Waals surface area contributed by atoms with E-state index in [4.69, 9.17) is 17.3 Å². The monoisotopic (exact) mass is 559 g/mol. The Morgan fingerprint density at radius 2 is 1.77 bits per heavy atom. The minimum atomic E-state index is -2.66. The fourth-order valence-electron chi connectivity index (χ4n) is 6.86. The molecule has 39 heavy (non-hydrogen) atoms. The normalized spacial score (nSPS) is 29.0. The maximum Gasteiger partial charge on any atom is 0.255 e. The van der Waals surface area contributed by atoms with Crippen LogP contribution in [-0.2, 0) is 33.9 Å². The van der Waals surface area contributed by atoms with Gasteiger partial charge in [0, 0.05) is 40.7 Å². The molecule has 0 saturated heterocycles. The average Bonchev–Trinajstić information content (AvgIpc) is 3.31. The fourth-order valence-corrected chi connectivity index (χ4v) is 7.21. The molecule has 1 fully saturated rings. The first kappa shape index (κ1) is 27.6. The number of aromatic hydroxyl groups is 1. The second kappa shape index (κ2) is 8.79. The Morgan fingerprint density at radius 3 is 2.33 bits per heavy atom. The zero-order valence-corrected chi connectivity index (χ0v) is 23.4. The molecule has 1 aromatic carbocycles. The highest BCUT2D eigenvalue weighted by molar-refractivity contribution is 6.33. The van der Waals surface area contributed by atoms with Crippen molar-refractivity contribution < 1.29 is 34.8 Å². The van der Waals surface area contributed by atoms with Crippen molar-refractivity contribution in [2.24, 2.45) is 17.6 Å². The van der Waals surface area contributed by atoms with E-state index < -0.39 is 58.0 Å². The average molecular weight is 560 g/mol. The summed E-state index contributed by atoms with van der Waals surface area (Å²) in [5.41, 5.74) is 3.39. The lowest BCUT2D eigenvalue weighted by molar-refractivity contribution is -0.153. The van der Waals surface area contributed by atoms with Crippen LogP contribution in [0.3, 0.4) is 0 Å². The van der Waals surface area contributed by atoms with Crippen molar-refractivity contribution in [2.75, 3.05) is 14.1 Å². The summed E-state index contributed by atoms with van der Waals surface area (Å²) in [5.74, 6) is -6.68. The van der Waals surface area contributed by atoms with Crippen molar-refractivity contribution in [1.82, 2.24) is 9.80 Å². The number of halogens is 1. The Kier molecular flexibility index (Phi) is 6.23. The van der Waals surface area contributed by atoms with Gasteiger partial charge in [0.15, 0.2) is 11.4 Å². The van der Waals surface area contributed by atoms with Crippen LogP contribution in [-0.4, -0.2) is 79.0 Å². The van der Waals surface area contributed by atoms with Gasteiger partial charge in [-0.15, -0.1) is 0 Å². The van der Waals surface area contributed by atoms with Crippen molar-refractivity contribution in [3.05, 3.63) is 44.2 Å². The number of Topliss-reactive ketones (excluding diaryl/α,β-unsaturated/α-hetero) is 2. The van der Waals surface area contributed by atoms with Crippen molar-refractivity contribution in [3.63, 3.8) is 0 Å². The molecule has 1 saturated carbocycles. The number of nitrogens with two attached hydrogens (primary N) is 1. The number of carbonyl (C=O) groups excluding carboxylic acids is 3. The number of rotatable bonds is 4. The van der Waals surface area contributed by atoms with Crippen LogP contribution < -0.4 is 5.73 Å². The van der Waals surface area contributed by atoms with Crippen LogP contribution >= 0.6 is 11.6 Å². The number of phenolic OH excluding ortho intramolecular Hbond substituents is 1. The van der Waals surface area contributed by atoms with E-state index in [0.29, 0.717) is 29.2 Å². The molecule has 1 unspecified atom stereocenters. The van der Waals surface area contributed by atoms with Gasteiger partial charge in [-0.3, -0.25) is 24.2 Å². The number of aliphatic hydroxyl groups excluding tert-OH is 2. The predicted molar refractivity (Wildman–Crippen MR) is 143 cm³/mol. The lowest BCUT2D eigenvalue weighted by atomic mass is 9.57. The third kappa shape index (κ3) is 3.54. The zero-order chi connectivity index (χ0) is 28.9. The molecule has 10 nitrogen and oxygen atoms in total. The van der Waals surface area contributed by atoms with E-state index >= 15 is 0 Å².